The van der Waals surface area contributed by atoms with Gasteiger partial charge in [0.15, 0.2) is 5.69 Å². The smallest absolute Gasteiger partial charge is 0.358 e. The lowest BCUT2D eigenvalue weighted by molar-refractivity contribution is 0.0518. The molecule has 3 heterocycles. The van der Waals surface area contributed by atoms with Gasteiger partial charge in [0.25, 0.3) is 0 Å². The van der Waals surface area contributed by atoms with E-state index < -0.39 is 14.0 Å². The van der Waals surface area contributed by atoms with Crippen LogP contribution in [0.25, 0.3) is 5.69 Å². The van der Waals surface area contributed by atoms with Gasteiger partial charge >= 0.3 is 5.97 Å². The van der Waals surface area contributed by atoms with Crippen molar-refractivity contribution in [3.63, 3.8) is 0 Å². The summed E-state index contributed by atoms with van der Waals surface area (Å²) in [5.74, 6) is -0.421. The Hall–Kier alpha value is -3.06. The van der Waals surface area contributed by atoms with E-state index in [1.807, 2.05) is 29.7 Å². The number of fused-ring (bicyclic) bond motifs is 3. The number of pyridine rings is 1. The molecule has 0 aliphatic carbocycles. The van der Waals surface area contributed by atoms with Crippen LogP contribution in [0, 0.1) is 0 Å². The van der Waals surface area contributed by atoms with E-state index >= 15 is 0 Å². The summed E-state index contributed by atoms with van der Waals surface area (Å²) < 4.78 is 7.21. The summed E-state index contributed by atoms with van der Waals surface area (Å²) in [6.45, 7) is 11.1. The summed E-state index contributed by atoms with van der Waals surface area (Å²) >= 11 is 0. The van der Waals surface area contributed by atoms with Crippen molar-refractivity contribution in [2.75, 3.05) is 6.61 Å². The standard InChI is InChI=1S/C23H26N4O2Si/c1-6-29-23(28)21-22-15(2)26-20(18-9-7-8-12-24-18)17-13-16(30(3,4)5)10-11-19(17)27(22)14-25-21/h7-15H,6H2,1-5H3/t15-/m1/s1. The van der Waals surface area contributed by atoms with Crippen LogP contribution in [-0.4, -0.2) is 40.9 Å². The second kappa shape index (κ2) is 7.64. The number of carbonyl (C=O) groups excluding carboxylic acids is 1. The maximum atomic E-state index is 12.5. The van der Waals surface area contributed by atoms with Crippen LogP contribution in [0.2, 0.25) is 19.6 Å². The maximum Gasteiger partial charge on any atom is 0.358 e. The summed E-state index contributed by atoms with van der Waals surface area (Å²) in [7, 11) is -1.55. The molecule has 0 amide bonds. The Morgan fingerprint density at radius 3 is 2.63 bits per heavy atom. The van der Waals surface area contributed by atoms with Crippen LogP contribution < -0.4 is 5.19 Å². The number of hydrogen-bond acceptors (Lipinski definition) is 5. The Bertz CT molecular complexity index is 1130. The van der Waals surface area contributed by atoms with Crippen molar-refractivity contribution in [2.45, 2.75) is 39.5 Å². The third-order valence-electron chi connectivity index (χ3n) is 5.28. The normalized spacial score (nSPS) is 15.6. The Morgan fingerprint density at radius 2 is 1.97 bits per heavy atom. The number of hydrogen-bond donors (Lipinski definition) is 0. The minimum atomic E-state index is -1.55. The molecular weight excluding hydrogens is 392 g/mol. The van der Waals surface area contributed by atoms with E-state index in [0.717, 1.165) is 28.4 Å². The predicted molar refractivity (Wildman–Crippen MR) is 121 cm³/mol. The summed E-state index contributed by atoms with van der Waals surface area (Å²) in [5.41, 5.74) is 4.65. The van der Waals surface area contributed by atoms with E-state index in [1.54, 1.807) is 19.4 Å². The van der Waals surface area contributed by atoms with Crippen molar-refractivity contribution in [3.8, 4) is 5.69 Å². The van der Waals surface area contributed by atoms with E-state index in [1.165, 1.54) is 5.19 Å². The SMILES string of the molecule is CCOC(=O)c1ncn2c1[C@@H](C)N=C(c1ccccn1)c1cc([Si](C)(C)C)ccc1-2. The van der Waals surface area contributed by atoms with Gasteiger partial charge in [-0.25, -0.2) is 9.78 Å². The zero-order chi connectivity index (χ0) is 21.5. The van der Waals surface area contributed by atoms with E-state index in [-0.39, 0.29) is 6.04 Å². The first-order chi connectivity index (χ1) is 14.3. The Morgan fingerprint density at radius 1 is 1.17 bits per heavy atom. The molecule has 154 valence electrons. The van der Waals surface area contributed by atoms with Crippen molar-refractivity contribution in [1.82, 2.24) is 14.5 Å². The van der Waals surface area contributed by atoms with Gasteiger partial charge in [0.2, 0.25) is 0 Å². The molecule has 3 aromatic rings. The largest absolute Gasteiger partial charge is 0.461 e. The molecule has 1 aliphatic heterocycles. The number of rotatable bonds is 4. The number of imidazole rings is 1. The molecule has 0 N–H and O–H groups in total. The number of benzene rings is 1. The van der Waals surface area contributed by atoms with E-state index in [4.69, 9.17) is 9.73 Å². The van der Waals surface area contributed by atoms with Gasteiger partial charge in [0.05, 0.1) is 43.5 Å². The van der Waals surface area contributed by atoms with E-state index in [0.29, 0.717) is 12.3 Å². The molecule has 0 spiro atoms. The highest BCUT2D eigenvalue weighted by atomic mass is 28.3. The Kier molecular flexibility index (Phi) is 5.15. The number of esters is 1. The second-order valence-electron chi connectivity index (χ2n) is 8.42. The number of carbonyl (C=O) groups is 1. The van der Waals surface area contributed by atoms with Crippen molar-refractivity contribution in [1.29, 1.82) is 0 Å². The third-order valence-corrected chi connectivity index (χ3v) is 7.32. The molecule has 7 heteroatoms. The van der Waals surface area contributed by atoms with Gasteiger partial charge < -0.3 is 4.74 Å². The quantitative estimate of drug-likeness (QED) is 0.476. The monoisotopic (exact) mass is 418 g/mol. The van der Waals surface area contributed by atoms with Crippen LogP contribution in [-0.2, 0) is 4.74 Å². The molecular formula is C23H26N4O2Si. The second-order valence-corrected chi connectivity index (χ2v) is 13.5. The number of ether oxygens (including phenoxy) is 1. The molecule has 4 rings (SSSR count). The molecule has 0 fully saturated rings. The molecule has 2 aromatic heterocycles. The highest BCUT2D eigenvalue weighted by molar-refractivity contribution is 6.88. The summed E-state index contributed by atoms with van der Waals surface area (Å²) in [4.78, 5) is 26.5. The average Bonchev–Trinajstić information content (AvgIpc) is 3.12. The van der Waals surface area contributed by atoms with Gasteiger partial charge in [0.1, 0.15) is 6.33 Å². The number of aromatic nitrogens is 3. The van der Waals surface area contributed by atoms with Crippen LogP contribution in [0.1, 0.15) is 47.3 Å². The molecule has 30 heavy (non-hydrogen) atoms. The first-order valence-corrected chi connectivity index (χ1v) is 13.7. The van der Waals surface area contributed by atoms with Crippen molar-refractivity contribution >= 4 is 24.9 Å². The lowest BCUT2D eigenvalue weighted by Gasteiger charge is -2.20. The molecule has 0 saturated heterocycles. The topological polar surface area (TPSA) is 69.4 Å². The van der Waals surface area contributed by atoms with Gasteiger partial charge in [0, 0.05) is 11.8 Å². The van der Waals surface area contributed by atoms with Crippen LogP contribution in [0.3, 0.4) is 0 Å². The van der Waals surface area contributed by atoms with E-state index in [9.17, 15) is 4.79 Å². The van der Waals surface area contributed by atoms with Gasteiger partial charge in [-0.15, -0.1) is 0 Å². The van der Waals surface area contributed by atoms with E-state index in [2.05, 4.69) is 47.8 Å². The first kappa shape index (κ1) is 20.2. The first-order valence-electron chi connectivity index (χ1n) is 10.2. The molecule has 0 bridgehead atoms. The average molecular weight is 419 g/mol. The number of aliphatic imine (C=N–C) groups is 1. The zero-order valence-electron chi connectivity index (χ0n) is 18.0. The van der Waals surface area contributed by atoms with Crippen LogP contribution >= 0.6 is 0 Å². The van der Waals surface area contributed by atoms with Crippen LogP contribution in [0.15, 0.2) is 53.9 Å². The van der Waals surface area contributed by atoms with Gasteiger partial charge in [-0.05, 0) is 32.0 Å². The Labute approximate surface area is 177 Å². The predicted octanol–water partition coefficient (Wildman–Crippen LogP) is 3.90. The maximum absolute atomic E-state index is 12.5. The van der Waals surface area contributed by atoms with Gasteiger partial charge in [-0.1, -0.05) is 43.0 Å². The molecule has 0 unspecified atom stereocenters. The zero-order valence-corrected chi connectivity index (χ0v) is 19.0. The summed E-state index contributed by atoms with van der Waals surface area (Å²) in [6, 6.07) is 12.1. The highest BCUT2D eigenvalue weighted by Gasteiger charge is 2.30. The molecule has 6 nitrogen and oxygen atoms in total. The summed E-state index contributed by atoms with van der Waals surface area (Å²) in [6.07, 6.45) is 3.48. The number of nitrogens with zero attached hydrogens (tertiary/aromatic N) is 4. The third kappa shape index (κ3) is 3.50. The Balaban J connectivity index is 2.00. The summed E-state index contributed by atoms with van der Waals surface area (Å²) in [5, 5.41) is 1.34. The van der Waals surface area contributed by atoms with Crippen molar-refractivity contribution in [3.05, 3.63) is 71.6 Å². The van der Waals surface area contributed by atoms with Crippen LogP contribution in [0.5, 0.6) is 0 Å². The van der Waals surface area contributed by atoms with Crippen LogP contribution in [0.4, 0.5) is 0 Å². The van der Waals surface area contributed by atoms with Crippen molar-refractivity contribution < 1.29 is 9.53 Å². The fraction of sp³-hybridized carbons (Fsp3) is 0.304. The lowest BCUT2D eigenvalue weighted by Crippen LogP contribution is -2.38. The fourth-order valence-corrected chi connectivity index (χ4v) is 4.90. The molecule has 1 aromatic carbocycles. The molecule has 0 saturated carbocycles. The fourth-order valence-electron chi connectivity index (χ4n) is 3.74. The molecule has 1 atom stereocenters. The molecule has 0 radical (unpaired) electrons. The minimum absolute atomic E-state index is 0.286. The van der Waals surface area contributed by atoms with Crippen molar-refractivity contribution in [2.24, 2.45) is 4.99 Å². The van der Waals surface area contributed by atoms with Gasteiger partial charge in [-0.2, -0.15) is 0 Å². The van der Waals surface area contributed by atoms with Gasteiger partial charge in [-0.3, -0.25) is 14.5 Å². The minimum Gasteiger partial charge on any atom is -0.461 e. The molecule has 1 aliphatic rings. The highest BCUT2D eigenvalue weighted by Crippen LogP contribution is 2.32. The lowest BCUT2D eigenvalue weighted by atomic mass is 10.0.